The first-order valence-corrected chi connectivity index (χ1v) is 7.18. The number of hydrogen-bond donors (Lipinski definition) is 2. The van der Waals surface area contributed by atoms with E-state index in [1.807, 2.05) is 0 Å². The lowest BCUT2D eigenvalue weighted by Gasteiger charge is -2.06. The Bertz CT molecular complexity index is 592. The molecule has 0 fully saturated rings. The average molecular weight is 257 g/mol. The van der Waals surface area contributed by atoms with E-state index in [1.165, 1.54) is 11.3 Å². The number of sulfonamides is 1. The first-order chi connectivity index (χ1) is 7.61. The highest BCUT2D eigenvalue weighted by Gasteiger charge is 2.09. The third-order valence-corrected chi connectivity index (χ3v) is 4.10. The predicted octanol–water partition coefficient (Wildman–Crippen LogP) is 0.997. The van der Waals surface area contributed by atoms with Gasteiger partial charge in [-0.15, -0.1) is 11.3 Å². The molecule has 1 aromatic carbocycles. The van der Waals surface area contributed by atoms with Crippen molar-refractivity contribution in [3.8, 4) is 0 Å². The van der Waals surface area contributed by atoms with Crippen molar-refractivity contribution in [2.45, 2.75) is 0 Å². The van der Waals surface area contributed by atoms with Gasteiger partial charge >= 0.3 is 0 Å². The van der Waals surface area contributed by atoms with Crippen molar-refractivity contribution in [2.24, 2.45) is 5.73 Å². The van der Waals surface area contributed by atoms with Gasteiger partial charge in [-0.1, -0.05) is 0 Å². The monoisotopic (exact) mass is 257 g/mol. The Morgan fingerprint density at radius 1 is 1.44 bits per heavy atom. The minimum atomic E-state index is -3.33. The summed E-state index contributed by atoms with van der Waals surface area (Å²) in [4.78, 5) is 4.11. The smallest absolute Gasteiger partial charge is 0.233 e. The summed E-state index contributed by atoms with van der Waals surface area (Å²) < 4.78 is 26.4. The number of benzene rings is 1. The lowest BCUT2D eigenvalue weighted by atomic mass is 10.3. The number of nitrogens with one attached hydrogen (secondary N) is 1. The Morgan fingerprint density at radius 3 is 3.00 bits per heavy atom. The Hall–Kier alpha value is -1.18. The summed E-state index contributed by atoms with van der Waals surface area (Å²) >= 11 is 1.47. The van der Waals surface area contributed by atoms with Crippen molar-refractivity contribution in [2.75, 3.05) is 17.0 Å². The van der Waals surface area contributed by atoms with E-state index < -0.39 is 10.0 Å². The number of anilines is 1. The number of fused-ring (bicyclic) bond motifs is 1. The van der Waals surface area contributed by atoms with Gasteiger partial charge in [-0.3, -0.25) is 4.72 Å². The van der Waals surface area contributed by atoms with E-state index in [4.69, 9.17) is 5.73 Å². The molecule has 5 nitrogen and oxygen atoms in total. The van der Waals surface area contributed by atoms with E-state index >= 15 is 0 Å². The van der Waals surface area contributed by atoms with Crippen LogP contribution in [0.1, 0.15) is 0 Å². The Balaban J connectivity index is 2.27. The van der Waals surface area contributed by atoms with Crippen molar-refractivity contribution in [1.29, 1.82) is 0 Å². The number of nitrogens with zero attached hydrogens (tertiary/aromatic N) is 1. The SMILES string of the molecule is NCCS(=O)(=O)Nc1ccc2ncsc2c1. The van der Waals surface area contributed by atoms with Crippen LogP contribution in [0.15, 0.2) is 23.7 Å². The standard InChI is InChI=1S/C9H11N3O2S2/c10-3-4-16(13,14)12-7-1-2-8-9(5-7)15-6-11-8/h1-2,5-6,12H,3-4,10H2. The number of rotatable bonds is 4. The van der Waals surface area contributed by atoms with Crippen molar-refractivity contribution in [1.82, 2.24) is 4.98 Å². The first kappa shape index (κ1) is 11.3. The van der Waals surface area contributed by atoms with Crippen LogP contribution in [0, 0.1) is 0 Å². The molecular formula is C9H11N3O2S2. The van der Waals surface area contributed by atoms with E-state index in [0.29, 0.717) is 5.69 Å². The van der Waals surface area contributed by atoms with E-state index in [9.17, 15) is 8.42 Å². The molecule has 7 heteroatoms. The molecule has 1 aromatic heterocycles. The molecule has 16 heavy (non-hydrogen) atoms. The van der Waals surface area contributed by atoms with Gasteiger partial charge in [-0.2, -0.15) is 0 Å². The zero-order valence-corrected chi connectivity index (χ0v) is 10.0. The van der Waals surface area contributed by atoms with Crippen LogP contribution >= 0.6 is 11.3 Å². The average Bonchev–Trinajstić information content (AvgIpc) is 2.63. The minimum absolute atomic E-state index is 0.0757. The van der Waals surface area contributed by atoms with Crippen LogP contribution in [-0.4, -0.2) is 25.7 Å². The maximum absolute atomic E-state index is 11.5. The Labute approximate surface area is 97.4 Å². The fraction of sp³-hybridized carbons (Fsp3) is 0.222. The minimum Gasteiger partial charge on any atom is -0.329 e. The summed E-state index contributed by atoms with van der Waals surface area (Å²) in [6.07, 6.45) is 0. The molecule has 0 amide bonds. The second-order valence-electron chi connectivity index (χ2n) is 3.24. The van der Waals surface area contributed by atoms with Crippen LogP contribution in [0.4, 0.5) is 5.69 Å². The number of nitrogens with two attached hydrogens (primary N) is 1. The molecule has 3 N–H and O–H groups in total. The quantitative estimate of drug-likeness (QED) is 0.855. The fourth-order valence-corrected chi connectivity index (χ4v) is 2.92. The lowest BCUT2D eigenvalue weighted by molar-refractivity contribution is 0.601. The normalized spacial score (nSPS) is 11.8. The van der Waals surface area contributed by atoms with Gasteiger partial charge in [0.1, 0.15) is 0 Å². The highest BCUT2D eigenvalue weighted by molar-refractivity contribution is 7.92. The Kier molecular flexibility index (Phi) is 3.08. The van der Waals surface area contributed by atoms with E-state index in [1.54, 1.807) is 23.7 Å². The molecule has 1 heterocycles. The molecule has 0 radical (unpaired) electrons. The summed E-state index contributed by atoms with van der Waals surface area (Å²) in [6, 6.07) is 5.24. The van der Waals surface area contributed by atoms with Crippen LogP contribution in [0.25, 0.3) is 10.2 Å². The Morgan fingerprint density at radius 2 is 2.25 bits per heavy atom. The van der Waals surface area contributed by atoms with Crippen LogP contribution < -0.4 is 10.5 Å². The van der Waals surface area contributed by atoms with Gasteiger partial charge in [0.05, 0.1) is 27.2 Å². The number of hydrogen-bond acceptors (Lipinski definition) is 5. The molecule has 0 atom stereocenters. The summed E-state index contributed by atoms with van der Waals surface area (Å²) in [5.74, 6) is -0.0757. The highest BCUT2D eigenvalue weighted by atomic mass is 32.2. The summed E-state index contributed by atoms with van der Waals surface area (Å²) in [6.45, 7) is 0.109. The molecule has 0 saturated heterocycles. The molecule has 0 unspecified atom stereocenters. The molecule has 0 saturated carbocycles. The van der Waals surface area contributed by atoms with Crippen molar-refractivity contribution in [3.63, 3.8) is 0 Å². The largest absolute Gasteiger partial charge is 0.329 e. The van der Waals surface area contributed by atoms with Crippen molar-refractivity contribution in [3.05, 3.63) is 23.7 Å². The van der Waals surface area contributed by atoms with Gasteiger partial charge < -0.3 is 5.73 Å². The van der Waals surface area contributed by atoms with Gasteiger partial charge in [0.25, 0.3) is 0 Å². The van der Waals surface area contributed by atoms with Crippen molar-refractivity contribution >= 4 is 37.3 Å². The van der Waals surface area contributed by atoms with E-state index in [-0.39, 0.29) is 12.3 Å². The topological polar surface area (TPSA) is 85.1 Å². The molecule has 86 valence electrons. The van der Waals surface area contributed by atoms with Crippen molar-refractivity contribution < 1.29 is 8.42 Å². The molecule has 0 aliphatic carbocycles. The first-order valence-electron chi connectivity index (χ1n) is 4.64. The van der Waals surface area contributed by atoms with Crippen LogP contribution in [-0.2, 0) is 10.0 Å². The maximum Gasteiger partial charge on any atom is 0.233 e. The molecule has 0 bridgehead atoms. The number of aromatic nitrogens is 1. The van der Waals surface area contributed by atoms with Gasteiger partial charge in [0, 0.05) is 6.54 Å². The third-order valence-electron chi connectivity index (χ3n) is 1.99. The molecule has 0 aliphatic rings. The summed E-state index contributed by atoms with van der Waals surface area (Å²) in [5, 5.41) is 0. The highest BCUT2D eigenvalue weighted by Crippen LogP contribution is 2.22. The van der Waals surface area contributed by atoms with Crippen LogP contribution in [0.2, 0.25) is 0 Å². The van der Waals surface area contributed by atoms with Gasteiger partial charge in [-0.25, -0.2) is 13.4 Å². The second kappa shape index (κ2) is 4.36. The van der Waals surface area contributed by atoms with Gasteiger partial charge in [0.15, 0.2) is 0 Å². The van der Waals surface area contributed by atoms with Gasteiger partial charge in [0.2, 0.25) is 10.0 Å². The van der Waals surface area contributed by atoms with Gasteiger partial charge in [-0.05, 0) is 18.2 Å². The molecule has 2 rings (SSSR count). The maximum atomic E-state index is 11.5. The van der Waals surface area contributed by atoms with E-state index in [2.05, 4.69) is 9.71 Å². The number of thiazole rings is 1. The molecule has 2 aromatic rings. The zero-order valence-electron chi connectivity index (χ0n) is 8.38. The lowest BCUT2D eigenvalue weighted by Crippen LogP contribution is -2.22. The summed E-state index contributed by atoms with van der Waals surface area (Å²) in [7, 11) is -3.33. The van der Waals surface area contributed by atoms with Crippen LogP contribution in [0.3, 0.4) is 0 Å². The summed E-state index contributed by atoms with van der Waals surface area (Å²) in [5.41, 5.74) is 8.35. The zero-order chi connectivity index (χ0) is 11.6. The third kappa shape index (κ3) is 2.49. The molecule has 0 spiro atoms. The fourth-order valence-electron chi connectivity index (χ4n) is 1.30. The van der Waals surface area contributed by atoms with Crippen LogP contribution in [0.5, 0.6) is 0 Å². The predicted molar refractivity (Wildman–Crippen MR) is 66.1 cm³/mol. The van der Waals surface area contributed by atoms with E-state index in [0.717, 1.165) is 10.2 Å². The second-order valence-corrected chi connectivity index (χ2v) is 5.97. The molecule has 0 aliphatic heterocycles. The molecular weight excluding hydrogens is 246 g/mol.